The molecule has 1 aromatic carbocycles. The van der Waals surface area contributed by atoms with E-state index < -0.39 is 0 Å². The molecule has 0 spiro atoms. The van der Waals surface area contributed by atoms with Gasteiger partial charge in [-0.05, 0) is 12.1 Å². The number of rotatable bonds is 4. The minimum Gasteiger partial charge on any atom is -0.496 e. The predicted octanol–water partition coefficient (Wildman–Crippen LogP) is 2.64. The minimum absolute atomic E-state index is 0.504. The van der Waals surface area contributed by atoms with Crippen LogP contribution in [0.25, 0.3) is 11.0 Å². The molecule has 0 aliphatic carbocycles. The van der Waals surface area contributed by atoms with Gasteiger partial charge in [0, 0.05) is 30.4 Å². The predicted molar refractivity (Wildman–Crippen MR) is 81.6 cm³/mol. The van der Waals surface area contributed by atoms with E-state index in [2.05, 4.69) is 20.4 Å². The number of hydrogen-bond acceptors (Lipinski definition) is 5. The number of benzene rings is 1. The maximum Gasteiger partial charge on any atom is 0.186 e. The van der Waals surface area contributed by atoms with Crippen molar-refractivity contribution in [3.63, 3.8) is 0 Å². The highest BCUT2D eigenvalue weighted by Gasteiger charge is 2.10. The Balaban J connectivity index is 1.90. The van der Waals surface area contributed by atoms with E-state index in [1.807, 2.05) is 31.4 Å². The Morgan fingerprint density at radius 2 is 2.19 bits per heavy atom. The molecule has 7 heteroatoms. The number of aryl methyl sites for hydroxylation is 1. The van der Waals surface area contributed by atoms with Gasteiger partial charge < -0.3 is 10.1 Å². The Hall–Kier alpha value is -2.34. The van der Waals surface area contributed by atoms with Crippen LogP contribution in [0.5, 0.6) is 5.75 Å². The molecule has 0 fully saturated rings. The Morgan fingerprint density at radius 1 is 1.33 bits per heavy atom. The zero-order valence-electron chi connectivity index (χ0n) is 11.7. The van der Waals surface area contributed by atoms with Crippen molar-refractivity contribution in [2.75, 3.05) is 12.4 Å². The van der Waals surface area contributed by atoms with Crippen LogP contribution in [0.4, 0.5) is 5.82 Å². The first-order valence-corrected chi connectivity index (χ1v) is 6.76. The third-order valence-corrected chi connectivity index (χ3v) is 3.51. The maximum absolute atomic E-state index is 6.23. The topological polar surface area (TPSA) is 64.9 Å². The van der Waals surface area contributed by atoms with Gasteiger partial charge in [0.15, 0.2) is 5.65 Å². The first-order chi connectivity index (χ1) is 10.2. The van der Waals surface area contributed by atoms with Crippen molar-refractivity contribution in [3.05, 3.63) is 41.3 Å². The van der Waals surface area contributed by atoms with Gasteiger partial charge in [-0.3, -0.25) is 4.68 Å². The molecule has 0 aliphatic rings. The summed E-state index contributed by atoms with van der Waals surface area (Å²) >= 11 is 6.23. The van der Waals surface area contributed by atoms with E-state index in [-0.39, 0.29) is 0 Å². The van der Waals surface area contributed by atoms with Crippen LogP contribution in [-0.2, 0) is 13.6 Å². The molecule has 3 rings (SSSR count). The molecule has 1 N–H and O–H groups in total. The standard InChI is InChI=1S/C14H14ClN5O/c1-20-7-10-13(17-8-18-14(10)19-20)16-6-9-11(15)4-3-5-12(9)21-2/h3-5,7-8H,6H2,1-2H3,(H,16,17,18,19). The van der Waals surface area contributed by atoms with Gasteiger partial charge in [0.05, 0.1) is 12.5 Å². The smallest absolute Gasteiger partial charge is 0.186 e. The molecular formula is C14H14ClN5O. The first kappa shape index (κ1) is 13.6. The number of fused-ring (bicyclic) bond motifs is 1. The summed E-state index contributed by atoms with van der Waals surface area (Å²) in [4.78, 5) is 8.40. The Labute approximate surface area is 126 Å². The van der Waals surface area contributed by atoms with Crippen LogP contribution in [0, 0.1) is 0 Å². The molecule has 0 bridgehead atoms. The molecule has 6 nitrogen and oxygen atoms in total. The molecule has 0 saturated heterocycles. The molecule has 0 radical (unpaired) electrons. The number of nitrogens with one attached hydrogen (secondary N) is 1. The third kappa shape index (κ3) is 2.62. The second-order valence-electron chi connectivity index (χ2n) is 4.54. The summed E-state index contributed by atoms with van der Waals surface area (Å²) in [7, 11) is 3.47. The fraction of sp³-hybridized carbons (Fsp3) is 0.214. The van der Waals surface area contributed by atoms with Gasteiger partial charge in [-0.2, -0.15) is 5.10 Å². The molecule has 0 unspecified atom stereocenters. The maximum atomic E-state index is 6.23. The lowest BCUT2D eigenvalue weighted by Gasteiger charge is -2.11. The summed E-state index contributed by atoms with van der Waals surface area (Å²) in [5.41, 5.74) is 1.54. The largest absolute Gasteiger partial charge is 0.496 e. The SMILES string of the molecule is COc1cccc(Cl)c1CNc1ncnc2nn(C)cc12. The zero-order valence-corrected chi connectivity index (χ0v) is 12.4. The Bertz CT molecular complexity index is 786. The summed E-state index contributed by atoms with van der Waals surface area (Å²) < 4.78 is 7.04. The summed E-state index contributed by atoms with van der Waals surface area (Å²) in [5.74, 6) is 1.46. The van der Waals surface area contributed by atoms with Gasteiger partial charge in [0.2, 0.25) is 0 Å². The van der Waals surface area contributed by atoms with Crippen LogP contribution in [0.15, 0.2) is 30.7 Å². The van der Waals surface area contributed by atoms with Gasteiger partial charge in [-0.1, -0.05) is 17.7 Å². The molecule has 3 aromatic rings. The fourth-order valence-corrected chi connectivity index (χ4v) is 2.40. The number of ether oxygens (including phenoxy) is 1. The summed E-state index contributed by atoms with van der Waals surface area (Å²) in [6.07, 6.45) is 3.36. The average molecular weight is 304 g/mol. The fourth-order valence-electron chi connectivity index (χ4n) is 2.16. The molecule has 2 aromatic heterocycles. The van der Waals surface area contributed by atoms with Crippen molar-refractivity contribution in [2.24, 2.45) is 7.05 Å². The van der Waals surface area contributed by atoms with Crippen molar-refractivity contribution in [3.8, 4) is 5.75 Å². The van der Waals surface area contributed by atoms with E-state index in [0.29, 0.717) is 17.2 Å². The van der Waals surface area contributed by atoms with Crippen molar-refractivity contribution >= 4 is 28.5 Å². The average Bonchev–Trinajstić information content (AvgIpc) is 2.86. The monoisotopic (exact) mass is 303 g/mol. The van der Waals surface area contributed by atoms with Crippen molar-refractivity contribution in [1.29, 1.82) is 0 Å². The molecular weight excluding hydrogens is 290 g/mol. The zero-order chi connectivity index (χ0) is 14.8. The number of methoxy groups -OCH3 is 1. The summed E-state index contributed by atoms with van der Waals surface area (Å²) in [5, 5.41) is 9.04. The highest BCUT2D eigenvalue weighted by molar-refractivity contribution is 6.31. The van der Waals surface area contributed by atoms with Crippen molar-refractivity contribution < 1.29 is 4.74 Å². The van der Waals surface area contributed by atoms with E-state index in [0.717, 1.165) is 22.5 Å². The highest BCUT2D eigenvalue weighted by atomic mass is 35.5. The Morgan fingerprint density at radius 3 is 3.00 bits per heavy atom. The van der Waals surface area contributed by atoms with E-state index in [4.69, 9.17) is 16.3 Å². The van der Waals surface area contributed by atoms with E-state index >= 15 is 0 Å². The lowest BCUT2D eigenvalue weighted by Crippen LogP contribution is -2.04. The van der Waals surface area contributed by atoms with Gasteiger partial charge in [-0.25, -0.2) is 9.97 Å². The first-order valence-electron chi connectivity index (χ1n) is 6.38. The molecule has 2 heterocycles. The van der Waals surface area contributed by atoms with Gasteiger partial charge in [-0.15, -0.1) is 0 Å². The molecule has 108 valence electrons. The summed E-state index contributed by atoms with van der Waals surface area (Å²) in [6, 6.07) is 5.57. The second kappa shape index (κ2) is 5.57. The van der Waals surface area contributed by atoms with Gasteiger partial charge in [0.25, 0.3) is 0 Å². The number of nitrogens with zero attached hydrogens (tertiary/aromatic N) is 4. The van der Waals surface area contributed by atoms with Crippen LogP contribution in [0.2, 0.25) is 5.02 Å². The van der Waals surface area contributed by atoms with Crippen LogP contribution < -0.4 is 10.1 Å². The molecule has 0 saturated carbocycles. The molecule has 21 heavy (non-hydrogen) atoms. The minimum atomic E-state index is 0.504. The highest BCUT2D eigenvalue weighted by Crippen LogP contribution is 2.27. The van der Waals surface area contributed by atoms with Crippen LogP contribution >= 0.6 is 11.6 Å². The number of aromatic nitrogens is 4. The lowest BCUT2D eigenvalue weighted by molar-refractivity contribution is 0.410. The third-order valence-electron chi connectivity index (χ3n) is 3.16. The summed E-state index contributed by atoms with van der Waals surface area (Å²) in [6.45, 7) is 0.504. The number of halogens is 1. The van der Waals surface area contributed by atoms with Crippen LogP contribution in [-0.4, -0.2) is 26.9 Å². The quantitative estimate of drug-likeness (QED) is 0.802. The van der Waals surface area contributed by atoms with E-state index in [9.17, 15) is 0 Å². The normalized spacial score (nSPS) is 10.8. The van der Waals surface area contributed by atoms with Crippen molar-refractivity contribution in [2.45, 2.75) is 6.54 Å². The lowest BCUT2D eigenvalue weighted by atomic mass is 10.2. The van der Waals surface area contributed by atoms with Crippen molar-refractivity contribution in [1.82, 2.24) is 19.7 Å². The van der Waals surface area contributed by atoms with Gasteiger partial charge in [0.1, 0.15) is 17.9 Å². The molecule has 0 aliphatic heterocycles. The van der Waals surface area contributed by atoms with E-state index in [1.165, 1.54) is 6.33 Å². The number of hydrogen-bond donors (Lipinski definition) is 1. The molecule has 0 atom stereocenters. The molecule has 0 amide bonds. The Kier molecular flexibility index (Phi) is 3.62. The second-order valence-corrected chi connectivity index (χ2v) is 4.94. The van der Waals surface area contributed by atoms with Crippen LogP contribution in [0.1, 0.15) is 5.56 Å². The van der Waals surface area contributed by atoms with Gasteiger partial charge >= 0.3 is 0 Å². The van der Waals surface area contributed by atoms with E-state index in [1.54, 1.807) is 11.8 Å². The number of anilines is 1. The van der Waals surface area contributed by atoms with Crippen LogP contribution in [0.3, 0.4) is 0 Å².